The molecule has 0 aliphatic carbocycles. The smallest absolute Gasteiger partial charge is 0.409 e. The highest BCUT2D eigenvalue weighted by Gasteiger charge is 2.33. The Morgan fingerprint density at radius 3 is 2.47 bits per heavy atom. The molecule has 0 radical (unpaired) electrons. The summed E-state index contributed by atoms with van der Waals surface area (Å²) in [5, 5.41) is 12.6. The van der Waals surface area contributed by atoms with E-state index in [-0.39, 0.29) is 75.6 Å². The maximum atomic E-state index is 13.5. The molecule has 5 rings (SSSR count). The van der Waals surface area contributed by atoms with Gasteiger partial charge in [-0.3, -0.25) is 24.2 Å². The van der Waals surface area contributed by atoms with Gasteiger partial charge in [-0.05, 0) is 50.5 Å². The first kappa shape index (κ1) is 33.1. The molecule has 4 amide bonds. The summed E-state index contributed by atoms with van der Waals surface area (Å²) in [6.07, 6.45) is 2.39. The van der Waals surface area contributed by atoms with Crippen LogP contribution in [0.2, 0.25) is 0 Å². The first-order chi connectivity index (χ1) is 22.7. The number of piperazine rings is 1. The Kier molecular flexibility index (Phi) is 10.8. The number of nitrogens with one attached hydrogen (secondary N) is 1. The Labute approximate surface area is 271 Å². The van der Waals surface area contributed by atoms with Crippen molar-refractivity contribution in [3.63, 3.8) is 0 Å². The van der Waals surface area contributed by atoms with Crippen molar-refractivity contribution in [2.45, 2.75) is 44.7 Å². The average molecular weight is 647 g/mol. The molecule has 0 spiro atoms. The molecular formula is C33H38N6O8. The van der Waals surface area contributed by atoms with Crippen molar-refractivity contribution in [1.29, 1.82) is 0 Å². The molecule has 14 heteroatoms. The van der Waals surface area contributed by atoms with Crippen LogP contribution in [0.5, 0.6) is 5.75 Å². The Morgan fingerprint density at radius 2 is 1.74 bits per heavy atom. The maximum absolute atomic E-state index is 13.5. The standard InChI is InChI=1S/C33H38N6O8/c1-2-46-33(45)38-18-16-37(17-19-38)32(44)25(12-13-30(41)42)36-31(43)26-20-28(22-8-3-4-9-23(22)35-26)47-21-29(40)39-15-7-11-27(39)24-10-5-6-14-34-24/h3-6,8-10,14,20,25,27H,2,7,11-13,15-19,21H2,1H3,(H,36,43)(H,41,42). The van der Waals surface area contributed by atoms with Gasteiger partial charge in [0.1, 0.15) is 17.5 Å². The van der Waals surface area contributed by atoms with Crippen LogP contribution in [0.4, 0.5) is 4.79 Å². The maximum Gasteiger partial charge on any atom is 0.409 e. The molecule has 4 heterocycles. The van der Waals surface area contributed by atoms with E-state index in [2.05, 4.69) is 15.3 Å². The van der Waals surface area contributed by atoms with Gasteiger partial charge in [-0.2, -0.15) is 0 Å². The van der Waals surface area contributed by atoms with E-state index in [9.17, 15) is 29.1 Å². The fraction of sp³-hybridized carbons (Fsp3) is 0.424. The number of ether oxygens (including phenoxy) is 2. The number of aromatic nitrogens is 2. The quantitative estimate of drug-likeness (QED) is 0.316. The number of carboxylic acids is 1. The number of hydrogen-bond donors (Lipinski definition) is 2. The number of carbonyl (C=O) groups is 5. The first-order valence-electron chi connectivity index (χ1n) is 15.7. The number of aliphatic carboxylic acids is 1. The van der Waals surface area contributed by atoms with Gasteiger partial charge in [0, 0.05) is 56.8 Å². The number of fused-ring (bicyclic) bond motifs is 1. The van der Waals surface area contributed by atoms with Crippen LogP contribution >= 0.6 is 0 Å². The number of rotatable bonds is 11. The van der Waals surface area contributed by atoms with Crippen LogP contribution in [-0.2, 0) is 19.1 Å². The Balaban J connectivity index is 1.30. The van der Waals surface area contributed by atoms with Crippen LogP contribution in [-0.4, -0.2) is 112 Å². The lowest BCUT2D eigenvalue weighted by molar-refractivity contribution is -0.138. The van der Waals surface area contributed by atoms with Gasteiger partial charge < -0.3 is 34.6 Å². The fourth-order valence-corrected chi connectivity index (χ4v) is 5.85. The van der Waals surface area contributed by atoms with E-state index in [0.717, 1.165) is 18.5 Å². The molecule has 3 aromatic rings. The van der Waals surface area contributed by atoms with Crippen molar-refractivity contribution in [2.24, 2.45) is 0 Å². The number of nitrogens with zero attached hydrogens (tertiary/aromatic N) is 5. The first-order valence-corrected chi connectivity index (χ1v) is 15.7. The minimum atomic E-state index is -1.15. The zero-order valence-electron chi connectivity index (χ0n) is 26.2. The molecule has 2 aliphatic rings. The van der Waals surface area contributed by atoms with Crippen molar-refractivity contribution in [2.75, 3.05) is 45.9 Å². The van der Waals surface area contributed by atoms with Gasteiger partial charge in [-0.1, -0.05) is 18.2 Å². The predicted octanol–water partition coefficient (Wildman–Crippen LogP) is 2.64. The average Bonchev–Trinajstić information content (AvgIpc) is 3.59. The second kappa shape index (κ2) is 15.3. The van der Waals surface area contributed by atoms with Crippen molar-refractivity contribution in [3.8, 4) is 5.75 Å². The van der Waals surface area contributed by atoms with Crippen LogP contribution < -0.4 is 10.1 Å². The topological polar surface area (TPSA) is 172 Å². The van der Waals surface area contributed by atoms with Crippen molar-refractivity contribution < 1.29 is 38.6 Å². The molecule has 14 nitrogen and oxygen atoms in total. The number of amides is 4. The summed E-state index contributed by atoms with van der Waals surface area (Å²) in [4.78, 5) is 77.4. The van der Waals surface area contributed by atoms with Crippen molar-refractivity contribution in [1.82, 2.24) is 30.0 Å². The molecule has 248 valence electrons. The molecule has 0 saturated carbocycles. The van der Waals surface area contributed by atoms with Gasteiger partial charge in [-0.25, -0.2) is 9.78 Å². The lowest BCUT2D eigenvalue weighted by Gasteiger charge is -2.35. The molecule has 2 aromatic heterocycles. The molecular weight excluding hydrogens is 608 g/mol. The van der Waals surface area contributed by atoms with Crippen LogP contribution in [0.3, 0.4) is 0 Å². The number of para-hydroxylation sites is 1. The Hall–Kier alpha value is -5.27. The highest BCUT2D eigenvalue weighted by molar-refractivity contribution is 5.99. The number of carboxylic acid groups (broad SMARTS) is 1. The minimum Gasteiger partial charge on any atom is -0.483 e. The van der Waals surface area contributed by atoms with E-state index in [1.54, 1.807) is 42.3 Å². The van der Waals surface area contributed by atoms with Gasteiger partial charge in [-0.15, -0.1) is 0 Å². The monoisotopic (exact) mass is 646 g/mol. The zero-order chi connectivity index (χ0) is 33.3. The summed E-state index contributed by atoms with van der Waals surface area (Å²) >= 11 is 0. The fourth-order valence-electron chi connectivity index (χ4n) is 5.85. The van der Waals surface area contributed by atoms with Crippen LogP contribution in [0.25, 0.3) is 10.9 Å². The normalized spacial score (nSPS) is 16.9. The predicted molar refractivity (Wildman–Crippen MR) is 168 cm³/mol. The van der Waals surface area contributed by atoms with E-state index in [0.29, 0.717) is 17.4 Å². The van der Waals surface area contributed by atoms with Crippen molar-refractivity contribution in [3.05, 3.63) is 66.1 Å². The van der Waals surface area contributed by atoms with Crippen LogP contribution in [0, 0.1) is 0 Å². The number of hydrogen-bond acceptors (Lipinski definition) is 9. The lowest BCUT2D eigenvalue weighted by Crippen LogP contribution is -2.56. The van der Waals surface area contributed by atoms with Gasteiger partial charge in [0.25, 0.3) is 11.8 Å². The Bertz CT molecular complexity index is 1610. The number of likely N-dealkylation sites (tertiary alicyclic amines) is 1. The molecule has 2 aliphatic heterocycles. The van der Waals surface area contributed by atoms with Crippen molar-refractivity contribution >= 4 is 40.7 Å². The Morgan fingerprint density at radius 1 is 1.00 bits per heavy atom. The number of benzene rings is 1. The molecule has 2 fully saturated rings. The highest BCUT2D eigenvalue weighted by Crippen LogP contribution is 2.31. The third-order valence-corrected chi connectivity index (χ3v) is 8.23. The second-order valence-corrected chi connectivity index (χ2v) is 11.3. The largest absolute Gasteiger partial charge is 0.483 e. The van der Waals surface area contributed by atoms with E-state index >= 15 is 0 Å². The van der Waals surface area contributed by atoms with E-state index in [1.165, 1.54) is 15.9 Å². The zero-order valence-corrected chi connectivity index (χ0v) is 26.2. The summed E-state index contributed by atoms with van der Waals surface area (Å²) in [6.45, 7) is 3.16. The summed E-state index contributed by atoms with van der Waals surface area (Å²) in [5.41, 5.74) is 1.21. The van der Waals surface area contributed by atoms with Gasteiger partial charge in [0.15, 0.2) is 6.61 Å². The molecule has 2 saturated heterocycles. The van der Waals surface area contributed by atoms with Crippen LogP contribution in [0.15, 0.2) is 54.7 Å². The highest BCUT2D eigenvalue weighted by atomic mass is 16.6. The molecule has 0 bridgehead atoms. The summed E-state index contributed by atoms with van der Waals surface area (Å²) in [5.74, 6) is -2.22. The van der Waals surface area contributed by atoms with E-state index in [4.69, 9.17) is 9.47 Å². The van der Waals surface area contributed by atoms with Crippen LogP contribution in [0.1, 0.15) is 54.8 Å². The summed E-state index contributed by atoms with van der Waals surface area (Å²) in [7, 11) is 0. The molecule has 47 heavy (non-hydrogen) atoms. The molecule has 2 atom stereocenters. The molecule has 2 unspecified atom stereocenters. The van der Waals surface area contributed by atoms with Gasteiger partial charge >= 0.3 is 12.1 Å². The summed E-state index contributed by atoms with van der Waals surface area (Å²) in [6, 6.07) is 12.8. The SMILES string of the molecule is CCOC(=O)N1CCN(C(=O)C(CCC(=O)O)NC(=O)c2cc(OCC(=O)N3CCCC3c3ccccn3)c3ccccc3n2)CC1. The van der Waals surface area contributed by atoms with E-state index < -0.39 is 29.9 Å². The third kappa shape index (κ3) is 8.12. The number of carbonyl (C=O) groups excluding carboxylic acids is 4. The van der Waals surface area contributed by atoms with Gasteiger partial charge in [0.05, 0.1) is 23.9 Å². The minimum absolute atomic E-state index is 0.0565. The second-order valence-electron chi connectivity index (χ2n) is 11.3. The van der Waals surface area contributed by atoms with E-state index in [1.807, 2.05) is 18.2 Å². The lowest BCUT2D eigenvalue weighted by atomic mass is 10.1. The van der Waals surface area contributed by atoms with Gasteiger partial charge in [0.2, 0.25) is 5.91 Å². The molecule has 2 N–H and O–H groups in total. The number of pyridine rings is 2. The third-order valence-electron chi connectivity index (χ3n) is 8.23. The summed E-state index contributed by atoms with van der Waals surface area (Å²) < 4.78 is 11.0. The molecule has 1 aromatic carbocycles.